The first kappa shape index (κ1) is 20.8. The highest BCUT2D eigenvalue weighted by Crippen LogP contribution is 2.34. The van der Waals surface area contributed by atoms with Crippen molar-refractivity contribution in [1.29, 1.82) is 5.26 Å². The van der Waals surface area contributed by atoms with Crippen LogP contribution < -0.4 is 10.6 Å². The van der Waals surface area contributed by atoms with Crippen molar-refractivity contribution < 1.29 is 13.2 Å². The van der Waals surface area contributed by atoms with Crippen molar-refractivity contribution in [3.63, 3.8) is 0 Å². The van der Waals surface area contributed by atoms with Gasteiger partial charge < -0.3 is 10.6 Å². The molecule has 2 aromatic carbocycles. The monoisotopic (exact) mass is 423 g/mol. The lowest BCUT2D eigenvalue weighted by Gasteiger charge is -2.14. The molecule has 3 aromatic rings. The first-order valence-electron chi connectivity index (χ1n) is 9.94. The van der Waals surface area contributed by atoms with Crippen molar-refractivity contribution in [1.82, 2.24) is 15.3 Å². The van der Waals surface area contributed by atoms with Crippen molar-refractivity contribution in [3.8, 4) is 28.5 Å². The average Bonchev–Trinajstić information content (AvgIpc) is 3.31. The van der Waals surface area contributed by atoms with E-state index in [4.69, 9.17) is 5.26 Å². The minimum atomic E-state index is -4.39. The van der Waals surface area contributed by atoms with Crippen molar-refractivity contribution >= 4 is 5.95 Å². The van der Waals surface area contributed by atoms with E-state index in [0.717, 1.165) is 43.8 Å². The molecule has 2 heterocycles. The lowest BCUT2D eigenvalue weighted by Crippen LogP contribution is -2.18. The smallest absolute Gasteiger partial charge is 0.354 e. The van der Waals surface area contributed by atoms with Gasteiger partial charge in [0.25, 0.3) is 0 Å². The van der Waals surface area contributed by atoms with Crippen LogP contribution in [0.15, 0.2) is 54.7 Å². The zero-order valence-corrected chi connectivity index (χ0v) is 16.6. The third kappa shape index (κ3) is 4.84. The largest absolute Gasteiger partial charge is 0.416 e. The van der Waals surface area contributed by atoms with E-state index in [1.54, 1.807) is 30.5 Å². The number of rotatable bonds is 5. The predicted octanol–water partition coefficient (Wildman–Crippen LogP) is 4.72. The van der Waals surface area contributed by atoms with E-state index in [0.29, 0.717) is 34.3 Å². The summed E-state index contributed by atoms with van der Waals surface area (Å²) in [7, 11) is 0. The fourth-order valence-corrected chi connectivity index (χ4v) is 3.56. The highest BCUT2D eigenvalue weighted by molar-refractivity contribution is 5.81. The molecule has 0 bridgehead atoms. The molecule has 1 aromatic heterocycles. The van der Waals surface area contributed by atoms with E-state index in [1.807, 2.05) is 0 Å². The Kier molecular flexibility index (Phi) is 5.87. The van der Waals surface area contributed by atoms with Crippen LogP contribution in [0.3, 0.4) is 0 Å². The van der Waals surface area contributed by atoms with Gasteiger partial charge in [-0.25, -0.2) is 9.97 Å². The number of alkyl halides is 3. The Labute approximate surface area is 178 Å². The van der Waals surface area contributed by atoms with Crippen molar-refractivity contribution in [3.05, 3.63) is 65.9 Å². The third-order valence-electron chi connectivity index (χ3n) is 5.31. The van der Waals surface area contributed by atoms with Crippen LogP contribution in [0.1, 0.15) is 17.5 Å². The Balaban J connectivity index is 1.69. The summed E-state index contributed by atoms with van der Waals surface area (Å²) in [5.41, 5.74) is 2.35. The fraction of sp³-hybridized carbons (Fsp3) is 0.261. The molecule has 4 rings (SSSR count). The Hall–Kier alpha value is -3.44. The Morgan fingerprint density at radius 3 is 2.39 bits per heavy atom. The van der Waals surface area contributed by atoms with Gasteiger partial charge in [-0.1, -0.05) is 24.3 Å². The molecular weight excluding hydrogens is 403 g/mol. The molecular formula is C23H20F3N5. The summed E-state index contributed by atoms with van der Waals surface area (Å²) in [6.45, 7) is 2.68. The van der Waals surface area contributed by atoms with Gasteiger partial charge in [-0.2, -0.15) is 18.4 Å². The second-order valence-electron chi connectivity index (χ2n) is 7.46. The first-order valence-corrected chi connectivity index (χ1v) is 9.94. The summed E-state index contributed by atoms with van der Waals surface area (Å²) < 4.78 is 38.8. The maximum atomic E-state index is 12.9. The van der Waals surface area contributed by atoms with Crippen LogP contribution in [0, 0.1) is 17.2 Å². The van der Waals surface area contributed by atoms with Crippen molar-refractivity contribution in [2.24, 2.45) is 5.92 Å². The van der Waals surface area contributed by atoms with Gasteiger partial charge in [0, 0.05) is 23.9 Å². The Bertz CT molecular complexity index is 1080. The van der Waals surface area contributed by atoms with E-state index in [2.05, 4.69) is 26.7 Å². The molecule has 0 radical (unpaired) electrons. The van der Waals surface area contributed by atoms with E-state index in [9.17, 15) is 13.2 Å². The quantitative estimate of drug-likeness (QED) is 0.621. The molecule has 5 nitrogen and oxygen atoms in total. The standard InChI is InChI=1S/C23H20F3N5/c24-23(25,26)19-7-5-17(6-8-19)20-14-30-22(29-13-16-9-10-28-12-16)31-21(20)18-3-1-15(11-27)2-4-18/h1-8,14,16,28H,9-10,12-13H2,(H,29,30,31). The maximum Gasteiger partial charge on any atom is 0.416 e. The van der Waals surface area contributed by atoms with Crippen LogP contribution in [-0.4, -0.2) is 29.6 Å². The molecule has 0 amide bonds. The SMILES string of the molecule is N#Cc1ccc(-c2nc(NCC3CCNC3)ncc2-c2ccc(C(F)(F)F)cc2)cc1. The van der Waals surface area contributed by atoms with Gasteiger partial charge >= 0.3 is 6.18 Å². The third-order valence-corrected chi connectivity index (χ3v) is 5.31. The highest BCUT2D eigenvalue weighted by Gasteiger charge is 2.30. The molecule has 0 spiro atoms. The number of hydrogen-bond acceptors (Lipinski definition) is 5. The number of nitrogens with zero attached hydrogens (tertiary/aromatic N) is 3. The van der Waals surface area contributed by atoms with E-state index < -0.39 is 11.7 Å². The normalized spacial score (nSPS) is 16.1. The van der Waals surface area contributed by atoms with Crippen LogP contribution in [0.5, 0.6) is 0 Å². The second kappa shape index (κ2) is 8.74. The van der Waals surface area contributed by atoms with Gasteiger partial charge in [-0.3, -0.25) is 0 Å². The number of benzene rings is 2. The first-order chi connectivity index (χ1) is 14.9. The second-order valence-corrected chi connectivity index (χ2v) is 7.46. The van der Waals surface area contributed by atoms with Crippen LogP contribution in [0.2, 0.25) is 0 Å². The molecule has 1 unspecified atom stereocenters. The van der Waals surface area contributed by atoms with E-state index in [1.165, 1.54) is 12.1 Å². The van der Waals surface area contributed by atoms with Crippen LogP contribution in [0.25, 0.3) is 22.4 Å². The minimum Gasteiger partial charge on any atom is -0.354 e. The molecule has 8 heteroatoms. The van der Waals surface area contributed by atoms with Crippen LogP contribution >= 0.6 is 0 Å². The highest BCUT2D eigenvalue weighted by atomic mass is 19.4. The van der Waals surface area contributed by atoms with Gasteiger partial charge in [0.1, 0.15) is 0 Å². The zero-order valence-electron chi connectivity index (χ0n) is 16.6. The molecule has 1 aliphatic rings. The van der Waals surface area contributed by atoms with Crippen molar-refractivity contribution in [2.45, 2.75) is 12.6 Å². The summed E-state index contributed by atoms with van der Waals surface area (Å²) in [5, 5.41) is 15.6. The zero-order chi connectivity index (χ0) is 21.8. The molecule has 2 N–H and O–H groups in total. The molecule has 1 fully saturated rings. The summed E-state index contributed by atoms with van der Waals surface area (Å²) in [4.78, 5) is 9.05. The van der Waals surface area contributed by atoms with Crippen LogP contribution in [0.4, 0.5) is 19.1 Å². The number of nitrogens with one attached hydrogen (secondary N) is 2. The van der Waals surface area contributed by atoms with E-state index in [-0.39, 0.29) is 0 Å². The summed E-state index contributed by atoms with van der Waals surface area (Å²) in [6.07, 6.45) is -1.69. The molecule has 0 saturated carbocycles. The number of anilines is 1. The van der Waals surface area contributed by atoms with Gasteiger partial charge in [0.05, 0.1) is 22.9 Å². The minimum absolute atomic E-state index is 0.460. The Morgan fingerprint density at radius 2 is 1.77 bits per heavy atom. The molecule has 1 aliphatic heterocycles. The fourth-order valence-electron chi connectivity index (χ4n) is 3.56. The number of hydrogen-bond donors (Lipinski definition) is 2. The molecule has 158 valence electrons. The maximum absolute atomic E-state index is 12.9. The molecule has 0 aliphatic carbocycles. The summed E-state index contributed by atoms with van der Waals surface area (Å²) in [5.74, 6) is 0.957. The summed E-state index contributed by atoms with van der Waals surface area (Å²) >= 11 is 0. The number of nitriles is 1. The van der Waals surface area contributed by atoms with E-state index >= 15 is 0 Å². The van der Waals surface area contributed by atoms with Gasteiger partial charge in [-0.15, -0.1) is 0 Å². The number of halogens is 3. The lowest BCUT2D eigenvalue weighted by atomic mass is 9.99. The van der Waals surface area contributed by atoms with Gasteiger partial charge in [-0.05, 0) is 55.3 Å². The van der Waals surface area contributed by atoms with Gasteiger partial charge in [0.15, 0.2) is 0 Å². The molecule has 1 saturated heterocycles. The lowest BCUT2D eigenvalue weighted by molar-refractivity contribution is -0.137. The summed E-state index contributed by atoms with van der Waals surface area (Å²) in [6, 6.07) is 14.0. The predicted molar refractivity (Wildman–Crippen MR) is 112 cm³/mol. The van der Waals surface area contributed by atoms with Gasteiger partial charge in [0.2, 0.25) is 5.95 Å². The van der Waals surface area contributed by atoms with Crippen LogP contribution in [-0.2, 0) is 6.18 Å². The number of aromatic nitrogens is 2. The molecule has 1 atom stereocenters. The topological polar surface area (TPSA) is 73.6 Å². The molecule has 31 heavy (non-hydrogen) atoms. The average molecular weight is 423 g/mol. The Morgan fingerprint density at radius 1 is 1.06 bits per heavy atom. The van der Waals surface area contributed by atoms with Crippen molar-refractivity contribution in [2.75, 3.05) is 25.0 Å².